The van der Waals surface area contributed by atoms with Crippen molar-refractivity contribution in [1.82, 2.24) is 10.2 Å². The molecule has 0 bridgehead atoms. The minimum absolute atomic E-state index is 0.0311. The molecule has 3 rings (SSSR count). The summed E-state index contributed by atoms with van der Waals surface area (Å²) in [6.45, 7) is 4.73. The zero-order chi connectivity index (χ0) is 19.1. The zero-order valence-electron chi connectivity index (χ0n) is 14.9. The normalized spacial score (nSPS) is 14.8. The summed E-state index contributed by atoms with van der Waals surface area (Å²) in [7, 11) is 0. The van der Waals surface area contributed by atoms with E-state index in [0.29, 0.717) is 29.6 Å². The molecule has 2 heterocycles. The maximum absolute atomic E-state index is 12.3. The van der Waals surface area contributed by atoms with Crippen LogP contribution in [0.2, 0.25) is 5.02 Å². The summed E-state index contributed by atoms with van der Waals surface area (Å²) >= 11 is 7.22. The van der Waals surface area contributed by atoms with Gasteiger partial charge >= 0.3 is 0 Å². The number of nitrogens with zero attached hydrogens (tertiary/aromatic N) is 1. The summed E-state index contributed by atoms with van der Waals surface area (Å²) in [4.78, 5) is 28.0. The number of carbonyl (C=O) groups is 2. The van der Waals surface area contributed by atoms with Crippen LogP contribution in [-0.4, -0.2) is 62.6 Å². The summed E-state index contributed by atoms with van der Waals surface area (Å²) in [5.41, 5.74) is 0. The average molecular weight is 409 g/mol. The van der Waals surface area contributed by atoms with Crippen LogP contribution in [0.15, 0.2) is 41.8 Å². The van der Waals surface area contributed by atoms with E-state index < -0.39 is 0 Å². The smallest absolute Gasteiger partial charge is 0.261 e. The van der Waals surface area contributed by atoms with Crippen LogP contribution in [0.4, 0.5) is 0 Å². The topological polar surface area (TPSA) is 63.1 Å². The minimum atomic E-state index is -0.193. The van der Waals surface area contributed by atoms with Gasteiger partial charge < -0.3 is 19.9 Å². The minimum Gasteiger partial charge on any atom is -0.488 e. The largest absolute Gasteiger partial charge is 0.488 e. The summed E-state index contributed by atoms with van der Waals surface area (Å²) in [6.07, 6.45) is 0. The lowest BCUT2D eigenvalue weighted by Gasteiger charge is -2.32. The number of halogens is 1. The van der Waals surface area contributed by atoms with E-state index >= 15 is 0 Å². The number of ether oxygens (including phenoxy) is 1. The lowest BCUT2D eigenvalue weighted by atomic mass is 10.3. The van der Waals surface area contributed by atoms with E-state index in [4.69, 9.17) is 16.3 Å². The van der Waals surface area contributed by atoms with Crippen LogP contribution in [0.1, 0.15) is 9.67 Å². The fraction of sp³-hybridized carbons (Fsp3) is 0.368. The van der Waals surface area contributed by atoms with Crippen LogP contribution in [0.25, 0.3) is 0 Å². The number of quaternary nitrogens is 1. The van der Waals surface area contributed by atoms with Crippen molar-refractivity contribution in [2.75, 3.05) is 45.9 Å². The van der Waals surface area contributed by atoms with Crippen LogP contribution in [0.3, 0.4) is 0 Å². The van der Waals surface area contributed by atoms with Crippen LogP contribution in [0, 0.1) is 0 Å². The third kappa shape index (κ3) is 5.95. The Morgan fingerprint density at radius 1 is 1.19 bits per heavy atom. The summed E-state index contributed by atoms with van der Waals surface area (Å²) < 4.78 is 5.73. The lowest BCUT2D eigenvalue weighted by molar-refractivity contribution is -0.904. The van der Waals surface area contributed by atoms with Gasteiger partial charge in [-0.1, -0.05) is 17.7 Å². The Balaban J connectivity index is 1.32. The first-order valence-electron chi connectivity index (χ1n) is 8.93. The monoisotopic (exact) mass is 408 g/mol. The second kappa shape index (κ2) is 9.73. The van der Waals surface area contributed by atoms with E-state index in [2.05, 4.69) is 5.32 Å². The lowest BCUT2D eigenvalue weighted by Crippen LogP contribution is -3.15. The van der Waals surface area contributed by atoms with E-state index in [9.17, 15) is 9.59 Å². The van der Waals surface area contributed by atoms with Crippen LogP contribution in [-0.2, 0) is 4.79 Å². The fourth-order valence-corrected chi connectivity index (χ4v) is 3.70. The molecule has 0 atom stereocenters. The van der Waals surface area contributed by atoms with Gasteiger partial charge in [0.05, 0.1) is 37.6 Å². The van der Waals surface area contributed by atoms with Crippen LogP contribution >= 0.6 is 22.9 Å². The number of rotatable bonds is 7. The molecule has 1 fully saturated rings. The Bertz CT molecular complexity index is 744. The molecular weight excluding hydrogens is 386 g/mol. The zero-order valence-corrected chi connectivity index (χ0v) is 16.5. The second-order valence-corrected chi connectivity index (χ2v) is 7.73. The second-order valence-electron chi connectivity index (χ2n) is 6.34. The first kappa shape index (κ1) is 19.7. The molecule has 0 aliphatic carbocycles. The number of carbonyl (C=O) groups excluding carboxylic acids is 2. The van der Waals surface area contributed by atoms with Gasteiger partial charge in [-0.15, -0.1) is 11.3 Å². The van der Waals surface area contributed by atoms with Gasteiger partial charge in [0.15, 0.2) is 0 Å². The van der Waals surface area contributed by atoms with Gasteiger partial charge in [0.1, 0.15) is 18.9 Å². The van der Waals surface area contributed by atoms with Crippen LogP contribution in [0.5, 0.6) is 5.75 Å². The number of thiophene rings is 1. The quantitative estimate of drug-likeness (QED) is 0.716. The predicted molar refractivity (Wildman–Crippen MR) is 106 cm³/mol. The molecule has 1 aliphatic heterocycles. The van der Waals surface area contributed by atoms with E-state index in [0.717, 1.165) is 25.4 Å². The number of benzene rings is 1. The van der Waals surface area contributed by atoms with Gasteiger partial charge in [-0.3, -0.25) is 9.59 Å². The summed E-state index contributed by atoms with van der Waals surface area (Å²) in [5.74, 6) is 0.590. The molecular formula is C19H23ClN3O3S+. The summed E-state index contributed by atoms with van der Waals surface area (Å²) in [6, 6.07) is 10.9. The Labute approximate surface area is 167 Å². The van der Waals surface area contributed by atoms with Crippen molar-refractivity contribution >= 4 is 34.8 Å². The number of nitrogens with one attached hydrogen (secondary N) is 2. The molecule has 0 unspecified atom stereocenters. The maximum Gasteiger partial charge on any atom is 0.261 e. The van der Waals surface area contributed by atoms with Gasteiger partial charge in [0, 0.05) is 5.02 Å². The molecule has 6 nitrogen and oxygen atoms in total. The van der Waals surface area contributed by atoms with Crippen LogP contribution < -0.4 is 15.0 Å². The van der Waals surface area contributed by atoms with Crippen molar-refractivity contribution in [3.63, 3.8) is 0 Å². The molecule has 1 saturated heterocycles. The van der Waals surface area contributed by atoms with Gasteiger partial charge in [0.2, 0.25) is 5.91 Å². The standard InChI is InChI=1S/C19H22ClN3O3S/c20-15-3-5-16(6-4-15)26-12-11-22-7-9-23(10-8-22)18(24)14-21-19(25)17-2-1-13-27-17/h1-6,13H,7-12,14H2,(H,21,25)/p+1. The predicted octanol–water partition coefficient (Wildman–Crippen LogP) is 0.937. The number of piperazine rings is 1. The molecule has 144 valence electrons. The van der Waals surface area contributed by atoms with E-state index in [1.165, 1.54) is 16.2 Å². The Kier molecular flexibility index (Phi) is 7.09. The fourth-order valence-electron chi connectivity index (χ4n) is 2.93. The Morgan fingerprint density at radius 3 is 2.59 bits per heavy atom. The molecule has 27 heavy (non-hydrogen) atoms. The van der Waals surface area contributed by atoms with E-state index in [1.807, 2.05) is 40.6 Å². The van der Waals surface area contributed by atoms with E-state index in [-0.39, 0.29) is 18.4 Å². The molecule has 1 aromatic heterocycles. The van der Waals surface area contributed by atoms with Crippen molar-refractivity contribution in [1.29, 1.82) is 0 Å². The highest BCUT2D eigenvalue weighted by atomic mass is 35.5. The molecule has 8 heteroatoms. The average Bonchev–Trinajstić information content (AvgIpc) is 3.23. The molecule has 0 radical (unpaired) electrons. The van der Waals surface area contributed by atoms with Crippen molar-refractivity contribution in [3.8, 4) is 5.75 Å². The molecule has 0 spiro atoms. The number of hydrogen-bond donors (Lipinski definition) is 2. The Morgan fingerprint density at radius 2 is 1.93 bits per heavy atom. The van der Waals surface area contributed by atoms with Gasteiger partial charge in [-0.05, 0) is 35.7 Å². The van der Waals surface area contributed by atoms with Crippen molar-refractivity contribution < 1.29 is 19.2 Å². The highest BCUT2D eigenvalue weighted by molar-refractivity contribution is 7.12. The highest BCUT2D eigenvalue weighted by Gasteiger charge is 2.23. The molecule has 2 N–H and O–H groups in total. The van der Waals surface area contributed by atoms with Crippen molar-refractivity contribution in [2.24, 2.45) is 0 Å². The molecule has 2 aromatic rings. The molecule has 1 aromatic carbocycles. The SMILES string of the molecule is O=C(NCC(=O)N1CC[NH+](CCOc2ccc(Cl)cc2)CC1)c1cccs1. The van der Waals surface area contributed by atoms with Crippen molar-refractivity contribution in [2.45, 2.75) is 0 Å². The Hall–Kier alpha value is -2.09. The first-order valence-corrected chi connectivity index (χ1v) is 10.2. The third-order valence-electron chi connectivity index (χ3n) is 4.51. The maximum atomic E-state index is 12.3. The first-order chi connectivity index (χ1) is 13.1. The number of hydrogen-bond acceptors (Lipinski definition) is 4. The van der Waals surface area contributed by atoms with Gasteiger partial charge in [-0.2, -0.15) is 0 Å². The van der Waals surface area contributed by atoms with Crippen molar-refractivity contribution in [3.05, 3.63) is 51.7 Å². The van der Waals surface area contributed by atoms with Gasteiger partial charge in [0.25, 0.3) is 5.91 Å². The molecule has 1 aliphatic rings. The molecule has 2 amide bonds. The third-order valence-corrected chi connectivity index (χ3v) is 5.63. The summed E-state index contributed by atoms with van der Waals surface area (Å²) in [5, 5.41) is 5.23. The molecule has 0 saturated carbocycles. The van der Waals surface area contributed by atoms with Gasteiger partial charge in [-0.25, -0.2) is 0 Å². The number of amides is 2. The highest BCUT2D eigenvalue weighted by Crippen LogP contribution is 2.15. The van der Waals surface area contributed by atoms with E-state index in [1.54, 1.807) is 6.07 Å².